The summed E-state index contributed by atoms with van der Waals surface area (Å²) in [6, 6.07) is 11.5. The summed E-state index contributed by atoms with van der Waals surface area (Å²) in [4.78, 5) is 17.3. The first-order chi connectivity index (χ1) is 13.6. The van der Waals surface area contributed by atoms with Gasteiger partial charge in [0.05, 0.1) is 24.8 Å². The highest BCUT2D eigenvalue weighted by Gasteiger charge is 2.34. The first kappa shape index (κ1) is 18.2. The number of methoxy groups -OCH3 is 1. The molecule has 0 saturated heterocycles. The van der Waals surface area contributed by atoms with Crippen molar-refractivity contribution in [2.24, 2.45) is 5.10 Å². The van der Waals surface area contributed by atoms with Crippen LogP contribution in [0.25, 0.3) is 0 Å². The van der Waals surface area contributed by atoms with E-state index in [9.17, 15) is 4.79 Å². The number of nitrogens with one attached hydrogen (secondary N) is 1. The predicted octanol–water partition coefficient (Wildman–Crippen LogP) is 3.77. The summed E-state index contributed by atoms with van der Waals surface area (Å²) in [5, 5.41) is 10.0. The molecule has 0 radical (unpaired) electrons. The van der Waals surface area contributed by atoms with Crippen molar-refractivity contribution >= 4 is 28.1 Å². The quantitative estimate of drug-likeness (QED) is 0.710. The van der Waals surface area contributed by atoms with Crippen molar-refractivity contribution in [1.29, 1.82) is 0 Å². The molecule has 3 aromatic rings. The Hall–Kier alpha value is -3.13. The van der Waals surface area contributed by atoms with Crippen LogP contribution in [-0.2, 0) is 0 Å². The maximum absolute atomic E-state index is 12.1. The Morgan fingerprint density at radius 3 is 2.75 bits per heavy atom. The van der Waals surface area contributed by atoms with Gasteiger partial charge < -0.3 is 14.5 Å². The smallest absolute Gasteiger partial charge is 0.263 e. The molecule has 144 valence electrons. The molecule has 1 N–H and O–H groups in total. The normalized spacial score (nSPS) is 16.2. The Labute approximate surface area is 166 Å². The zero-order chi connectivity index (χ0) is 19.7. The molecule has 7 nitrogen and oxygen atoms in total. The van der Waals surface area contributed by atoms with Gasteiger partial charge in [0.2, 0.25) is 5.13 Å². The van der Waals surface area contributed by atoms with Gasteiger partial charge in [0.25, 0.3) is 5.91 Å². The molecule has 1 amide bonds. The summed E-state index contributed by atoms with van der Waals surface area (Å²) >= 11 is 1.33. The Bertz CT molecular complexity index is 1010. The number of anilines is 1. The lowest BCUT2D eigenvalue weighted by molar-refractivity contribution is 0.0966. The number of benzene rings is 1. The molecule has 3 heterocycles. The standard InChI is InChI=1S/C20H20N4O3S/c1-12-18(19(25)21-2)28-20(22-12)24-16(17-5-4-10-27-17)11-15(23-24)13-6-8-14(26-3)9-7-13/h4-10,16H,11H2,1-3H3,(H,21,25)/t16-/m0/s1. The van der Waals surface area contributed by atoms with Crippen molar-refractivity contribution in [3.8, 4) is 5.75 Å². The molecular weight excluding hydrogens is 376 g/mol. The lowest BCUT2D eigenvalue weighted by atomic mass is 10.0. The first-order valence-corrected chi connectivity index (χ1v) is 9.66. The number of aromatic nitrogens is 1. The second-order valence-corrected chi connectivity index (χ2v) is 7.32. The number of hydrazone groups is 1. The fourth-order valence-corrected chi connectivity index (χ4v) is 4.17. The van der Waals surface area contributed by atoms with E-state index >= 15 is 0 Å². The van der Waals surface area contributed by atoms with Gasteiger partial charge in [-0.1, -0.05) is 11.3 Å². The highest BCUT2D eigenvalue weighted by Crippen LogP contribution is 2.39. The molecule has 2 aromatic heterocycles. The Morgan fingerprint density at radius 1 is 1.32 bits per heavy atom. The van der Waals surface area contributed by atoms with Crippen LogP contribution in [0.3, 0.4) is 0 Å². The lowest BCUT2D eigenvalue weighted by Gasteiger charge is -2.18. The number of nitrogens with zero attached hydrogens (tertiary/aromatic N) is 3. The predicted molar refractivity (Wildman–Crippen MR) is 108 cm³/mol. The van der Waals surface area contributed by atoms with Gasteiger partial charge in [-0.3, -0.25) is 4.79 Å². The minimum Gasteiger partial charge on any atom is -0.497 e. The van der Waals surface area contributed by atoms with Crippen molar-refractivity contribution in [3.05, 3.63) is 64.6 Å². The van der Waals surface area contributed by atoms with E-state index in [1.807, 2.05) is 48.3 Å². The van der Waals surface area contributed by atoms with Crippen LogP contribution in [0.5, 0.6) is 5.75 Å². The van der Waals surface area contributed by atoms with Crippen LogP contribution in [-0.4, -0.2) is 30.8 Å². The van der Waals surface area contributed by atoms with Crippen LogP contribution in [0.4, 0.5) is 5.13 Å². The average molecular weight is 396 g/mol. The molecule has 0 bridgehead atoms. The Balaban J connectivity index is 1.72. The van der Waals surface area contributed by atoms with E-state index in [2.05, 4.69) is 10.3 Å². The number of hydrogen-bond acceptors (Lipinski definition) is 7. The molecule has 1 aromatic carbocycles. The average Bonchev–Trinajstić information content (AvgIpc) is 3.46. The number of carbonyl (C=O) groups excluding carboxylic acids is 1. The number of rotatable bonds is 5. The molecule has 1 atom stereocenters. The van der Waals surface area contributed by atoms with Gasteiger partial charge in [0.15, 0.2) is 0 Å². The highest BCUT2D eigenvalue weighted by molar-refractivity contribution is 7.17. The number of carbonyl (C=O) groups is 1. The molecule has 0 spiro atoms. The summed E-state index contributed by atoms with van der Waals surface area (Å²) in [5.74, 6) is 1.46. The maximum atomic E-state index is 12.1. The fourth-order valence-electron chi connectivity index (χ4n) is 3.15. The summed E-state index contributed by atoms with van der Waals surface area (Å²) in [7, 11) is 3.26. The van der Waals surface area contributed by atoms with Crippen LogP contribution >= 0.6 is 11.3 Å². The Kier molecular flexibility index (Phi) is 4.87. The van der Waals surface area contributed by atoms with E-state index in [0.717, 1.165) is 22.8 Å². The van der Waals surface area contributed by atoms with Gasteiger partial charge in [0, 0.05) is 13.5 Å². The SMILES string of the molecule is CNC(=O)c1sc(N2N=C(c3ccc(OC)cc3)C[C@H]2c2ccco2)nc1C. The third-order valence-electron chi connectivity index (χ3n) is 4.62. The fraction of sp³-hybridized carbons (Fsp3) is 0.250. The largest absolute Gasteiger partial charge is 0.497 e. The monoisotopic (exact) mass is 396 g/mol. The van der Waals surface area contributed by atoms with Gasteiger partial charge in [-0.05, 0) is 48.9 Å². The van der Waals surface area contributed by atoms with Gasteiger partial charge in [-0.25, -0.2) is 9.99 Å². The summed E-state index contributed by atoms with van der Waals surface area (Å²) in [5.41, 5.74) is 2.63. The second-order valence-electron chi connectivity index (χ2n) is 6.35. The topological polar surface area (TPSA) is 80.0 Å². The summed E-state index contributed by atoms with van der Waals surface area (Å²) < 4.78 is 10.9. The number of amides is 1. The number of hydrogen-bond donors (Lipinski definition) is 1. The van der Waals surface area contributed by atoms with Gasteiger partial charge in [-0.15, -0.1) is 0 Å². The van der Waals surface area contributed by atoms with Crippen molar-refractivity contribution in [1.82, 2.24) is 10.3 Å². The molecule has 0 unspecified atom stereocenters. The van der Waals surface area contributed by atoms with E-state index in [0.29, 0.717) is 22.1 Å². The molecule has 0 saturated carbocycles. The third-order valence-corrected chi connectivity index (χ3v) is 5.77. The van der Waals surface area contributed by atoms with Crippen molar-refractivity contribution in [2.75, 3.05) is 19.2 Å². The van der Waals surface area contributed by atoms with E-state index in [1.165, 1.54) is 11.3 Å². The second kappa shape index (κ2) is 7.47. The molecule has 1 aliphatic heterocycles. The molecular formula is C20H20N4O3S. The Morgan fingerprint density at radius 2 is 2.11 bits per heavy atom. The number of ether oxygens (including phenoxy) is 1. The van der Waals surface area contributed by atoms with Crippen molar-refractivity contribution < 1.29 is 13.9 Å². The maximum Gasteiger partial charge on any atom is 0.263 e. The minimum atomic E-state index is -0.144. The number of thiazole rings is 1. The van der Waals surface area contributed by atoms with Crippen LogP contribution in [0.15, 0.2) is 52.2 Å². The molecule has 4 rings (SSSR count). The lowest BCUT2D eigenvalue weighted by Crippen LogP contribution is -2.18. The molecule has 0 fully saturated rings. The van der Waals surface area contributed by atoms with Crippen LogP contribution in [0.1, 0.15) is 39.2 Å². The van der Waals surface area contributed by atoms with Gasteiger partial charge in [-0.2, -0.15) is 5.10 Å². The van der Waals surface area contributed by atoms with E-state index in [1.54, 1.807) is 20.4 Å². The van der Waals surface area contributed by atoms with Crippen molar-refractivity contribution in [2.45, 2.75) is 19.4 Å². The molecule has 28 heavy (non-hydrogen) atoms. The molecule has 0 aliphatic carbocycles. The molecule has 8 heteroatoms. The third kappa shape index (κ3) is 3.27. The van der Waals surface area contributed by atoms with Crippen LogP contribution in [0.2, 0.25) is 0 Å². The minimum absolute atomic E-state index is 0.116. The zero-order valence-corrected chi connectivity index (χ0v) is 16.6. The van der Waals surface area contributed by atoms with Crippen LogP contribution in [0, 0.1) is 6.92 Å². The zero-order valence-electron chi connectivity index (χ0n) is 15.8. The van der Waals surface area contributed by atoms with Gasteiger partial charge in [0.1, 0.15) is 22.4 Å². The first-order valence-electron chi connectivity index (χ1n) is 8.84. The van der Waals surface area contributed by atoms with Gasteiger partial charge >= 0.3 is 0 Å². The van der Waals surface area contributed by atoms with Crippen LogP contribution < -0.4 is 15.1 Å². The van der Waals surface area contributed by atoms with Crippen molar-refractivity contribution in [3.63, 3.8) is 0 Å². The summed E-state index contributed by atoms with van der Waals surface area (Å²) in [6.45, 7) is 1.83. The molecule has 1 aliphatic rings. The summed E-state index contributed by atoms with van der Waals surface area (Å²) in [6.07, 6.45) is 2.33. The van der Waals surface area contributed by atoms with E-state index < -0.39 is 0 Å². The number of aryl methyl sites for hydroxylation is 1. The number of furan rings is 1. The van der Waals surface area contributed by atoms with E-state index in [-0.39, 0.29) is 11.9 Å². The van der Waals surface area contributed by atoms with E-state index in [4.69, 9.17) is 14.3 Å². The highest BCUT2D eigenvalue weighted by atomic mass is 32.1.